The van der Waals surface area contributed by atoms with Gasteiger partial charge in [-0.05, 0) is 17.7 Å². The molecule has 0 aliphatic heterocycles. The van der Waals surface area contributed by atoms with E-state index in [4.69, 9.17) is 9.57 Å². The summed E-state index contributed by atoms with van der Waals surface area (Å²) < 4.78 is 31.6. The molecule has 0 spiro atoms. The number of carbonyl (C=O) groups is 1. The van der Waals surface area contributed by atoms with Gasteiger partial charge < -0.3 is 14.9 Å². The Bertz CT molecular complexity index is 763. The third-order valence-electron chi connectivity index (χ3n) is 3.18. The van der Waals surface area contributed by atoms with Gasteiger partial charge in [0.05, 0.1) is 0 Å². The Labute approximate surface area is 137 Å². The largest absolute Gasteiger partial charge is 0.489 e. The number of oxime groups is 1. The van der Waals surface area contributed by atoms with Crippen molar-refractivity contribution in [3.63, 3.8) is 0 Å². The van der Waals surface area contributed by atoms with Crippen molar-refractivity contribution in [3.8, 4) is 5.75 Å². The maximum absolute atomic E-state index is 13.2. The molecule has 24 heavy (non-hydrogen) atoms. The average Bonchev–Trinajstić information content (AvgIpc) is 2.60. The first kappa shape index (κ1) is 17.4. The van der Waals surface area contributed by atoms with Crippen molar-refractivity contribution < 1.29 is 23.1 Å². The average molecular weight is 334 g/mol. The third-order valence-corrected chi connectivity index (χ3v) is 3.18. The Balaban J connectivity index is 2.26. The number of ether oxygens (including phenoxy) is 1. The summed E-state index contributed by atoms with van der Waals surface area (Å²) in [4.78, 5) is 16.7. The molecule has 0 heterocycles. The number of likely N-dealkylation sites (N-methyl/N-ethyl adjacent to an activating group) is 1. The monoisotopic (exact) mass is 334 g/mol. The molecule has 2 aromatic rings. The van der Waals surface area contributed by atoms with E-state index in [-0.39, 0.29) is 18.1 Å². The molecule has 0 saturated heterocycles. The lowest BCUT2D eigenvalue weighted by atomic mass is 10.0. The number of amides is 1. The van der Waals surface area contributed by atoms with Gasteiger partial charge in [0.15, 0.2) is 17.3 Å². The topological polar surface area (TPSA) is 59.9 Å². The van der Waals surface area contributed by atoms with Crippen LogP contribution in [-0.4, -0.2) is 25.8 Å². The van der Waals surface area contributed by atoms with Crippen LogP contribution in [0.25, 0.3) is 0 Å². The second-order valence-electron chi connectivity index (χ2n) is 4.72. The highest BCUT2D eigenvalue weighted by molar-refractivity contribution is 6.45. The zero-order valence-electron chi connectivity index (χ0n) is 13.2. The summed E-state index contributed by atoms with van der Waals surface area (Å²) in [6, 6.07) is 10.2. The molecule has 2 aromatic carbocycles. The predicted octanol–water partition coefficient (Wildman–Crippen LogP) is 2.64. The molecule has 7 heteroatoms. The summed E-state index contributed by atoms with van der Waals surface area (Å²) in [5, 5.41) is 6.23. The second kappa shape index (κ2) is 8.05. The van der Waals surface area contributed by atoms with E-state index in [9.17, 15) is 13.6 Å². The minimum atomic E-state index is -0.993. The van der Waals surface area contributed by atoms with Crippen LogP contribution < -0.4 is 10.1 Å². The fourth-order valence-electron chi connectivity index (χ4n) is 2.03. The first-order valence-electron chi connectivity index (χ1n) is 7.06. The number of nitrogens with one attached hydrogen (secondary N) is 1. The maximum Gasteiger partial charge on any atom is 0.273 e. The Morgan fingerprint density at radius 3 is 2.58 bits per heavy atom. The number of rotatable bonds is 6. The van der Waals surface area contributed by atoms with Crippen LogP contribution >= 0.6 is 0 Å². The molecule has 2 rings (SSSR count). The lowest BCUT2D eigenvalue weighted by Crippen LogP contribution is -2.29. The molecule has 0 atom stereocenters. The zero-order chi connectivity index (χ0) is 17.5. The third kappa shape index (κ3) is 4.07. The number of nitrogens with zero attached hydrogens (tertiary/aromatic N) is 1. The Kier molecular flexibility index (Phi) is 5.83. The van der Waals surface area contributed by atoms with Gasteiger partial charge in [-0.15, -0.1) is 0 Å². The van der Waals surface area contributed by atoms with Gasteiger partial charge in [-0.3, -0.25) is 4.79 Å². The lowest BCUT2D eigenvalue weighted by molar-refractivity contribution is -0.114. The first-order chi connectivity index (χ1) is 11.6. The quantitative estimate of drug-likeness (QED) is 0.653. The van der Waals surface area contributed by atoms with Crippen molar-refractivity contribution in [3.05, 3.63) is 65.2 Å². The van der Waals surface area contributed by atoms with Gasteiger partial charge in [-0.1, -0.05) is 29.4 Å². The fourth-order valence-corrected chi connectivity index (χ4v) is 2.03. The molecule has 1 amide bonds. The lowest BCUT2D eigenvalue weighted by Gasteiger charge is -2.12. The van der Waals surface area contributed by atoms with Gasteiger partial charge in [0.2, 0.25) is 0 Å². The van der Waals surface area contributed by atoms with Crippen LogP contribution in [0, 0.1) is 11.6 Å². The van der Waals surface area contributed by atoms with E-state index in [1.807, 2.05) is 0 Å². The fraction of sp³-hybridized carbons (Fsp3) is 0.176. The molecular formula is C17H16F2N2O3. The highest BCUT2D eigenvalue weighted by Gasteiger charge is 2.17. The first-order valence-corrected chi connectivity index (χ1v) is 7.06. The van der Waals surface area contributed by atoms with Crippen LogP contribution in [0.2, 0.25) is 0 Å². The molecule has 126 valence electrons. The van der Waals surface area contributed by atoms with Crippen molar-refractivity contribution in [2.24, 2.45) is 5.16 Å². The summed E-state index contributed by atoms with van der Waals surface area (Å²) in [5.74, 6) is -2.18. The number of carbonyl (C=O) groups excluding carboxylic acids is 1. The van der Waals surface area contributed by atoms with Crippen molar-refractivity contribution >= 4 is 11.6 Å². The molecule has 0 aromatic heterocycles. The van der Waals surface area contributed by atoms with Crippen molar-refractivity contribution in [2.75, 3.05) is 14.2 Å². The Hall–Kier alpha value is -2.96. The number of benzene rings is 2. The van der Waals surface area contributed by atoms with Crippen molar-refractivity contribution in [2.45, 2.75) is 6.61 Å². The van der Waals surface area contributed by atoms with Crippen LogP contribution in [0.15, 0.2) is 47.6 Å². The van der Waals surface area contributed by atoms with E-state index in [0.29, 0.717) is 11.1 Å². The molecule has 1 N–H and O–H groups in total. The minimum absolute atomic E-state index is 0.0426. The van der Waals surface area contributed by atoms with Crippen molar-refractivity contribution in [1.29, 1.82) is 0 Å². The van der Waals surface area contributed by atoms with Crippen LogP contribution in [-0.2, 0) is 16.2 Å². The van der Waals surface area contributed by atoms with Crippen LogP contribution in [0.3, 0.4) is 0 Å². The van der Waals surface area contributed by atoms with Crippen LogP contribution in [0.4, 0.5) is 8.78 Å². The zero-order valence-corrected chi connectivity index (χ0v) is 13.2. The molecule has 0 bridgehead atoms. The van der Waals surface area contributed by atoms with Crippen LogP contribution in [0.5, 0.6) is 5.75 Å². The summed E-state index contributed by atoms with van der Waals surface area (Å²) >= 11 is 0. The van der Waals surface area contributed by atoms with Gasteiger partial charge in [0.25, 0.3) is 5.91 Å². The van der Waals surface area contributed by atoms with Gasteiger partial charge in [0, 0.05) is 18.7 Å². The Morgan fingerprint density at radius 1 is 1.17 bits per heavy atom. The molecule has 5 nitrogen and oxygen atoms in total. The van der Waals surface area contributed by atoms with Gasteiger partial charge in [-0.2, -0.15) is 0 Å². The van der Waals surface area contributed by atoms with Gasteiger partial charge in [0.1, 0.15) is 19.5 Å². The van der Waals surface area contributed by atoms with E-state index >= 15 is 0 Å². The van der Waals surface area contributed by atoms with E-state index < -0.39 is 17.5 Å². The summed E-state index contributed by atoms with van der Waals surface area (Å²) in [6.45, 7) is 0.0426. The van der Waals surface area contributed by atoms with Crippen molar-refractivity contribution in [1.82, 2.24) is 5.32 Å². The molecule has 0 aliphatic carbocycles. The number of hydrogen-bond donors (Lipinski definition) is 1. The maximum atomic E-state index is 13.2. The van der Waals surface area contributed by atoms with Gasteiger partial charge >= 0.3 is 0 Å². The molecular weight excluding hydrogens is 318 g/mol. The van der Waals surface area contributed by atoms with Crippen LogP contribution in [0.1, 0.15) is 11.1 Å². The predicted molar refractivity (Wildman–Crippen MR) is 84.7 cm³/mol. The second-order valence-corrected chi connectivity index (χ2v) is 4.72. The number of halogens is 2. The standard InChI is InChI=1S/C17H16F2N2O3/c1-20-17(22)16(21-23-2)13-6-4-3-5-11(13)10-24-12-7-8-14(18)15(19)9-12/h3-9H,10H2,1-2H3,(H,20,22). The molecule has 0 saturated carbocycles. The van der Waals surface area contributed by atoms with E-state index in [2.05, 4.69) is 10.5 Å². The van der Waals surface area contributed by atoms with Gasteiger partial charge in [-0.25, -0.2) is 8.78 Å². The summed E-state index contributed by atoms with van der Waals surface area (Å²) in [6.07, 6.45) is 0. The number of hydrogen-bond acceptors (Lipinski definition) is 4. The van der Waals surface area contributed by atoms with E-state index in [0.717, 1.165) is 12.1 Å². The minimum Gasteiger partial charge on any atom is -0.489 e. The highest BCUT2D eigenvalue weighted by atomic mass is 19.2. The Morgan fingerprint density at radius 2 is 1.92 bits per heavy atom. The van der Waals surface area contributed by atoms with E-state index in [1.165, 1.54) is 20.2 Å². The molecule has 0 unspecified atom stereocenters. The van der Waals surface area contributed by atoms with E-state index in [1.54, 1.807) is 24.3 Å². The normalized spacial score (nSPS) is 11.1. The highest BCUT2D eigenvalue weighted by Crippen LogP contribution is 2.18. The molecule has 0 fully saturated rings. The SMILES string of the molecule is CNC(=O)C(=NOC)c1ccccc1COc1ccc(F)c(F)c1. The smallest absolute Gasteiger partial charge is 0.273 e. The summed E-state index contributed by atoms with van der Waals surface area (Å²) in [5.41, 5.74) is 1.24. The molecule has 0 aliphatic rings. The molecule has 0 radical (unpaired) electrons. The summed E-state index contributed by atoms with van der Waals surface area (Å²) in [7, 11) is 2.82.